The Morgan fingerprint density at radius 3 is 2.52 bits per heavy atom. The molecule has 0 atom stereocenters. The molecule has 0 heterocycles. The largest absolute Gasteiger partial charge is 0.495 e. The average Bonchev–Trinajstić information content (AvgIpc) is 2.49. The van der Waals surface area contributed by atoms with Crippen molar-refractivity contribution in [2.75, 3.05) is 19.4 Å². The summed E-state index contributed by atoms with van der Waals surface area (Å²) in [4.78, 5) is 0.251. The molecular weight excluding hydrogens is 288 g/mol. The number of ether oxygens (including phenoxy) is 1. The minimum atomic E-state index is -3.50. The first kappa shape index (κ1) is 16.1. The van der Waals surface area contributed by atoms with Gasteiger partial charge in [-0.1, -0.05) is 26.2 Å². The third-order valence-corrected chi connectivity index (χ3v) is 6.13. The van der Waals surface area contributed by atoms with Crippen LogP contribution in [0.5, 0.6) is 5.75 Å². The summed E-state index contributed by atoms with van der Waals surface area (Å²) in [5, 5.41) is 0. The summed E-state index contributed by atoms with van der Waals surface area (Å²) in [6, 6.07) is 4.76. The lowest BCUT2D eigenvalue weighted by Crippen LogP contribution is -2.41. The summed E-state index contributed by atoms with van der Waals surface area (Å²) in [5.41, 5.74) is 6.20. The van der Waals surface area contributed by atoms with Gasteiger partial charge in [0, 0.05) is 18.7 Å². The third-order valence-electron chi connectivity index (χ3n) is 4.11. The van der Waals surface area contributed by atoms with Crippen LogP contribution in [0.1, 0.15) is 39.0 Å². The van der Waals surface area contributed by atoms with Crippen LogP contribution >= 0.6 is 0 Å². The molecule has 0 saturated heterocycles. The third kappa shape index (κ3) is 3.32. The fourth-order valence-corrected chi connectivity index (χ4v) is 4.69. The zero-order chi connectivity index (χ0) is 15.5. The molecule has 2 rings (SSSR count). The molecule has 21 heavy (non-hydrogen) atoms. The minimum absolute atomic E-state index is 0.109. The van der Waals surface area contributed by atoms with Crippen molar-refractivity contribution in [3.8, 4) is 5.75 Å². The van der Waals surface area contributed by atoms with Crippen LogP contribution in [-0.2, 0) is 10.0 Å². The van der Waals surface area contributed by atoms with Gasteiger partial charge in [0.2, 0.25) is 10.0 Å². The number of hydrogen-bond donors (Lipinski definition) is 1. The summed E-state index contributed by atoms with van der Waals surface area (Å²) in [6.45, 7) is 2.38. The van der Waals surface area contributed by atoms with Crippen molar-refractivity contribution in [1.29, 1.82) is 0 Å². The summed E-state index contributed by atoms with van der Waals surface area (Å²) in [7, 11) is -2.02. The van der Waals surface area contributed by atoms with E-state index in [4.69, 9.17) is 10.5 Å². The van der Waals surface area contributed by atoms with Crippen molar-refractivity contribution in [1.82, 2.24) is 4.31 Å². The van der Waals surface area contributed by atoms with E-state index in [1.54, 1.807) is 16.4 Å². The first-order valence-electron chi connectivity index (χ1n) is 7.46. The molecule has 5 nitrogen and oxygen atoms in total. The highest BCUT2D eigenvalue weighted by Crippen LogP contribution is 2.30. The molecule has 0 radical (unpaired) electrons. The van der Waals surface area contributed by atoms with Gasteiger partial charge in [-0.05, 0) is 25.0 Å². The van der Waals surface area contributed by atoms with E-state index in [0.717, 1.165) is 25.7 Å². The van der Waals surface area contributed by atoms with Crippen LogP contribution in [0.25, 0.3) is 0 Å². The molecule has 0 unspecified atom stereocenters. The predicted octanol–water partition coefficient (Wildman–Crippen LogP) is 2.62. The maximum absolute atomic E-state index is 12.9. The molecule has 0 bridgehead atoms. The van der Waals surface area contributed by atoms with Gasteiger partial charge in [0.05, 0.1) is 17.7 Å². The Hall–Kier alpha value is -1.27. The summed E-state index contributed by atoms with van der Waals surface area (Å²) >= 11 is 0. The van der Waals surface area contributed by atoms with E-state index in [9.17, 15) is 8.42 Å². The van der Waals surface area contributed by atoms with Gasteiger partial charge in [-0.15, -0.1) is 0 Å². The smallest absolute Gasteiger partial charge is 0.243 e. The Balaban J connectivity index is 2.34. The van der Waals surface area contributed by atoms with Crippen LogP contribution in [0.4, 0.5) is 5.69 Å². The van der Waals surface area contributed by atoms with Crippen molar-refractivity contribution in [3.63, 3.8) is 0 Å². The Kier molecular flexibility index (Phi) is 5.11. The van der Waals surface area contributed by atoms with Crippen LogP contribution in [0.3, 0.4) is 0 Å². The fraction of sp³-hybridized carbons (Fsp3) is 0.600. The average molecular weight is 312 g/mol. The SMILES string of the molecule is CCN(C1CCCCC1)S(=O)(=O)c1ccc(N)c(OC)c1. The van der Waals surface area contributed by atoms with E-state index in [-0.39, 0.29) is 10.9 Å². The monoisotopic (exact) mass is 312 g/mol. The molecule has 1 aromatic rings. The van der Waals surface area contributed by atoms with Crippen LogP contribution in [0.15, 0.2) is 23.1 Å². The molecular formula is C15H24N2O3S. The molecule has 6 heteroatoms. The van der Waals surface area contributed by atoms with Crippen molar-refractivity contribution >= 4 is 15.7 Å². The second kappa shape index (κ2) is 6.66. The predicted molar refractivity (Wildman–Crippen MR) is 83.8 cm³/mol. The number of hydrogen-bond acceptors (Lipinski definition) is 4. The molecule has 0 amide bonds. The normalized spacial score (nSPS) is 17.1. The standard InChI is InChI=1S/C15H24N2O3S/c1-3-17(12-7-5-4-6-8-12)21(18,19)13-9-10-14(16)15(11-13)20-2/h9-12H,3-8,16H2,1-2H3. The van der Waals surface area contributed by atoms with E-state index < -0.39 is 10.0 Å². The van der Waals surface area contributed by atoms with E-state index in [0.29, 0.717) is 18.0 Å². The number of nitrogens with zero attached hydrogens (tertiary/aromatic N) is 1. The summed E-state index contributed by atoms with van der Waals surface area (Å²) in [5.74, 6) is 0.399. The molecule has 2 N–H and O–H groups in total. The molecule has 0 aliphatic heterocycles. The number of sulfonamides is 1. The van der Waals surface area contributed by atoms with Crippen molar-refractivity contribution < 1.29 is 13.2 Å². The van der Waals surface area contributed by atoms with Gasteiger partial charge in [-0.25, -0.2) is 8.42 Å². The molecule has 118 valence electrons. The lowest BCUT2D eigenvalue weighted by atomic mass is 9.95. The highest BCUT2D eigenvalue weighted by Gasteiger charge is 2.31. The maximum Gasteiger partial charge on any atom is 0.243 e. The lowest BCUT2D eigenvalue weighted by molar-refractivity contribution is 0.261. The molecule has 0 aromatic heterocycles. The molecule has 1 fully saturated rings. The summed E-state index contributed by atoms with van der Waals surface area (Å²) < 4.78 is 32.5. The van der Waals surface area contributed by atoms with Crippen LogP contribution < -0.4 is 10.5 Å². The van der Waals surface area contributed by atoms with Gasteiger partial charge in [-0.2, -0.15) is 4.31 Å². The number of rotatable bonds is 5. The second-order valence-electron chi connectivity index (χ2n) is 5.40. The van der Waals surface area contributed by atoms with Crippen LogP contribution in [-0.4, -0.2) is 32.4 Å². The molecule has 0 spiro atoms. The number of nitrogen functional groups attached to an aromatic ring is 1. The van der Waals surface area contributed by atoms with Crippen LogP contribution in [0, 0.1) is 0 Å². The zero-order valence-electron chi connectivity index (χ0n) is 12.7. The van der Waals surface area contributed by atoms with Gasteiger partial charge < -0.3 is 10.5 Å². The minimum Gasteiger partial charge on any atom is -0.495 e. The first-order chi connectivity index (χ1) is 10.0. The number of nitrogens with two attached hydrogens (primary N) is 1. The quantitative estimate of drug-likeness (QED) is 0.848. The van der Waals surface area contributed by atoms with E-state index in [1.165, 1.54) is 19.6 Å². The van der Waals surface area contributed by atoms with Gasteiger partial charge >= 0.3 is 0 Å². The highest BCUT2D eigenvalue weighted by atomic mass is 32.2. The maximum atomic E-state index is 12.9. The molecule has 1 saturated carbocycles. The Bertz CT molecular complexity index is 581. The van der Waals surface area contributed by atoms with Crippen molar-refractivity contribution in [3.05, 3.63) is 18.2 Å². The fourth-order valence-electron chi connectivity index (χ4n) is 2.98. The number of methoxy groups -OCH3 is 1. The van der Waals surface area contributed by atoms with E-state index in [1.807, 2.05) is 6.92 Å². The van der Waals surface area contributed by atoms with Gasteiger partial charge in [0.25, 0.3) is 0 Å². The van der Waals surface area contributed by atoms with Gasteiger partial charge in [0.15, 0.2) is 0 Å². The van der Waals surface area contributed by atoms with Gasteiger partial charge in [-0.3, -0.25) is 0 Å². The van der Waals surface area contributed by atoms with E-state index in [2.05, 4.69) is 0 Å². The van der Waals surface area contributed by atoms with E-state index >= 15 is 0 Å². The van der Waals surface area contributed by atoms with Gasteiger partial charge in [0.1, 0.15) is 5.75 Å². The number of benzene rings is 1. The molecule has 1 aliphatic rings. The Morgan fingerprint density at radius 2 is 1.95 bits per heavy atom. The highest BCUT2D eigenvalue weighted by molar-refractivity contribution is 7.89. The molecule has 1 aromatic carbocycles. The first-order valence-corrected chi connectivity index (χ1v) is 8.90. The van der Waals surface area contributed by atoms with Crippen LogP contribution in [0.2, 0.25) is 0 Å². The van der Waals surface area contributed by atoms with Crippen molar-refractivity contribution in [2.45, 2.75) is 50.0 Å². The second-order valence-corrected chi connectivity index (χ2v) is 7.29. The Labute approximate surface area is 127 Å². The zero-order valence-corrected chi connectivity index (χ0v) is 13.5. The van der Waals surface area contributed by atoms with Crippen molar-refractivity contribution in [2.24, 2.45) is 0 Å². The Morgan fingerprint density at radius 1 is 1.29 bits per heavy atom. The summed E-state index contributed by atoms with van der Waals surface area (Å²) in [6.07, 6.45) is 5.28. The molecule has 1 aliphatic carbocycles. The number of anilines is 1. The topological polar surface area (TPSA) is 72.6 Å². The lowest BCUT2D eigenvalue weighted by Gasteiger charge is -2.32.